The van der Waals surface area contributed by atoms with Crippen molar-refractivity contribution in [2.45, 2.75) is 26.3 Å². The van der Waals surface area contributed by atoms with Crippen LogP contribution in [0.2, 0.25) is 0 Å². The van der Waals surface area contributed by atoms with Gasteiger partial charge in [-0.2, -0.15) is 0 Å². The zero-order valence-electron chi connectivity index (χ0n) is 18.4. The fourth-order valence-electron chi connectivity index (χ4n) is 4.08. The van der Waals surface area contributed by atoms with Crippen LogP contribution in [0.3, 0.4) is 0 Å². The molecule has 0 radical (unpaired) electrons. The zero-order valence-corrected chi connectivity index (χ0v) is 19.2. The van der Waals surface area contributed by atoms with Gasteiger partial charge in [0.1, 0.15) is 6.54 Å². The molecule has 2 aromatic carbocycles. The van der Waals surface area contributed by atoms with E-state index in [1.807, 2.05) is 12.1 Å². The summed E-state index contributed by atoms with van der Waals surface area (Å²) in [5, 5.41) is 2.82. The minimum Gasteiger partial charge on any atom is -0.454 e. The van der Waals surface area contributed by atoms with Crippen LogP contribution in [-0.4, -0.2) is 47.0 Å². The Labute approximate surface area is 189 Å². The molecule has 4 rings (SSSR count). The molecule has 2 aliphatic rings. The Hall–Kier alpha value is -2.94. The molecule has 1 saturated heterocycles. The maximum atomic E-state index is 12.5. The quantitative estimate of drug-likeness (QED) is 0.685. The van der Waals surface area contributed by atoms with Crippen LogP contribution in [0.4, 0.5) is 11.4 Å². The molecule has 2 aliphatic heterocycles. The van der Waals surface area contributed by atoms with Crippen LogP contribution in [0, 0.1) is 5.92 Å². The van der Waals surface area contributed by atoms with Crippen LogP contribution in [0.25, 0.3) is 0 Å². The number of hydrogen-bond donors (Lipinski definition) is 1. The molecule has 0 aromatic heterocycles. The van der Waals surface area contributed by atoms with Crippen molar-refractivity contribution in [3.05, 3.63) is 48.0 Å². The van der Waals surface area contributed by atoms with Gasteiger partial charge in [-0.25, -0.2) is 8.42 Å². The second-order valence-electron chi connectivity index (χ2n) is 8.44. The van der Waals surface area contributed by atoms with Crippen molar-refractivity contribution >= 4 is 27.3 Å². The van der Waals surface area contributed by atoms with Crippen molar-refractivity contribution in [1.29, 1.82) is 0 Å². The average molecular weight is 460 g/mol. The molecule has 1 fully saturated rings. The maximum absolute atomic E-state index is 12.5. The summed E-state index contributed by atoms with van der Waals surface area (Å²) in [6, 6.07) is 13.0. The van der Waals surface area contributed by atoms with Crippen molar-refractivity contribution in [2.24, 2.45) is 5.92 Å². The summed E-state index contributed by atoms with van der Waals surface area (Å²) in [7, 11) is -3.67. The molecule has 2 aromatic rings. The van der Waals surface area contributed by atoms with E-state index in [1.165, 1.54) is 18.5 Å². The largest absolute Gasteiger partial charge is 0.454 e. The maximum Gasteiger partial charge on any atom is 0.241 e. The lowest BCUT2D eigenvalue weighted by atomic mass is 9.99. The first-order valence-electron chi connectivity index (χ1n) is 10.8. The lowest BCUT2D eigenvalue weighted by Crippen LogP contribution is -2.40. The Bertz CT molecular complexity index is 1070. The van der Waals surface area contributed by atoms with E-state index in [0.717, 1.165) is 29.2 Å². The Morgan fingerprint density at radius 3 is 2.62 bits per heavy atom. The summed E-state index contributed by atoms with van der Waals surface area (Å²) in [4.78, 5) is 14.9. The van der Waals surface area contributed by atoms with Crippen LogP contribution in [-0.2, 0) is 21.4 Å². The smallest absolute Gasteiger partial charge is 0.241 e. The van der Waals surface area contributed by atoms with Crippen molar-refractivity contribution in [3.8, 4) is 11.5 Å². The fourth-order valence-corrected chi connectivity index (χ4v) is 4.92. The first kappa shape index (κ1) is 22.3. The summed E-state index contributed by atoms with van der Waals surface area (Å²) >= 11 is 0. The van der Waals surface area contributed by atoms with E-state index in [0.29, 0.717) is 29.6 Å². The van der Waals surface area contributed by atoms with E-state index in [-0.39, 0.29) is 19.2 Å². The summed E-state index contributed by atoms with van der Waals surface area (Å²) in [5.41, 5.74) is 2.51. The molecule has 0 spiro atoms. The number of amides is 1. The molecule has 1 atom stereocenters. The highest BCUT2D eigenvalue weighted by Gasteiger charge is 2.24. The molecule has 0 aliphatic carbocycles. The first-order chi connectivity index (χ1) is 15.3. The number of anilines is 2. The Morgan fingerprint density at radius 2 is 1.91 bits per heavy atom. The van der Waals surface area contributed by atoms with E-state index >= 15 is 0 Å². The van der Waals surface area contributed by atoms with Gasteiger partial charge in [0.15, 0.2) is 11.5 Å². The predicted octanol–water partition coefficient (Wildman–Crippen LogP) is 2.73. The number of nitrogens with one attached hydrogen (secondary N) is 1. The molecule has 1 unspecified atom stereocenters. The third-order valence-electron chi connectivity index (χ3n) is 5.78. The number of carbonyl (C=O) groups is 1. The highest BCUT2D eigenvalue weighted by molar-refractivity contribution is 7.92. The number of ether oxygens (including phenoxy) is 2. The lowest BCUT2D eigenvalue weighted by Gasteiger charge is -2.32. The van der Waals surface area contributed by atoms with Crippen LogP contribution >= 0.6 is 0 Å². The normalized spacial score (nSPS) is 17.8. The number of carbonyl (C=O) groups excluding carboxylic acids is 1. The predicted molar refractivity (Wildman–Crippen MR) is 124 cm³/mol. The monoisotopic (exact) mass is 459 g/mol. The highest BCUT2D eigenvalue weighted by Crippen LogP contribution is 2.36. The molecule has 0 bridgehead atoms. The van der Waals surface area contributed by atoms with E-state index in [9.17, 15) is 13.2 Å². The van der Waals surface area contributed by atoms with Gasteiger partial charge < -0.3 is 19.7 Å². The lowest BCUT2D eigenvalue weighted by molar-refractivity contribution is -0.119. The number of rotatable bonds is 7. The fraction of sp³-hybridized carbons (Fsp3) is 0.435. The number of sulfonamides is 1. The minimum absolute atomic E-state index is 0.0910. The van der Waals surface area contributed by atoms with Gasteiger partial charge in [-0.1, -0.05) is 19.1 Å². The molecule has 2 heterocycles. The summed E-state index contributed by atoms with van der Waals surface area (Å²) in [5.74, 6) is 1.32. The number of piperidine rings is 1. The molecule has 8 nitrogen and oxygen atoms in total. The van der Waals surface area contributed by atoms with Gasteiger partial charge in [0.05, 0.1) is 11.9 Å². The van der Waals surface area contributed by atoms with Gasteiger partial charge >= 0.3 is 0 Å². The van der Waals surface area contributed by atoms with Crippen LogP contribution < -0.4 is 24.0 Å². The molecule has 1 N–H and O–H groups in total. The second-order valence-corrected chi connectivity index (χ2v) is 10.4. The average Bonchev–Trinajstić information content (AvgIpc) is 3.23. The van der Waals surface area contributed by atoms with Gasteiger partial charge in [-0.3, -0.25) is 9.10 Å². The third kappa shape index (κ3) is 5.27. The standard InChI is InChI=1S/C23H29N3O5S/c1-17-4-3-11-25(14-17)19-7-5-18(6-8-19)13-24-23(27)15-26(32(2,28)29)20-9-10-21-22(12-20)31-16-30-21/h5-10,12,17H,3-4,11,13-16H2,1-2H3,(H,24,27). The van der Waals surface area contributed by atoms with Crippen LogP contribution in [0.15, 0.2) is 42.5 Å². The summed E-state index contributed by atoms with van der Waals surface area (Å²) in [6.45, 7) is 4.52. The number of benzene rings is 2. The molecular weight excluding hydrogens is 430 g/mol. The van der Waals surface area contributed by atoms with E-state index in [4.69, 9.17) is 9.47 Å². The van der Waals surface area contributed by atoms with E-state index in [2.05, 4.69) is 29.3 Å². The SMILES string of the molecule is CC1CCCN(c2ccc(CNC(=O)CN(c3ccc4c(c3)OCO4)S(C)(=O)=O)cc2)C1. The van der Waals surface area contributed by atoms with E-state index < -0.39 is 10.0 Å². The topological polar surface area (TPSA) is 88.2 Å². The molecule has 172 valence electrons. The molecule has 0 saturated carbocycles. The molecule has 9 heteroatoms. The van der Waals surface area contributed by atoms with Crippen LogP contribution in [0.1, 0.15) is 25.3 Å². The van der Waals surface area contributed by atoms with Gasteiger partial charge in [-0.05, 0) is 48.6 Å². The van der Waals surface area contributed by atoms with Crippen molar-refractivity contribution in [1.82, 2.24) is 5.32 Å². The van der Waals surface area contributed by atoms with Gasteiger partial charge in [0.2, 0.25) is 22.7 Å². The second kappa shape index (κ2) is 9.28. The Morgan fingerprint density at radius 1 is 1.16 bits per heavy atom. The Balaban J connectivity index is 1.36. The molecule has 32 heavy (non-hydrogen) atoms. The van der Waals surface area contributed by atoms with Gasteiger partial charge in [0.25, 0.3) is 0 Å². The van der Waals surface area contributed by atoms with Gasteiger partial charge in [0, 0.05) is 31.4 Å². The highest BCUT2D eigenvalue weighted by atomic mass is 32.2. The number of nitrogens with zero attached hydrogens (tertiary/aromatic N) is 2. The third-order valence-corrected chi connectivity index (χ3v) is 6.92. The van der Waals surface area contributed by atoms with Gasteiger partial charge in [-0.15, -0.1) is 0 Å². The summed E-state index contributed by atoms with van der Waals surface area (Å²) < 4.78 is 36.3. The molecular formula is C23H29N3O5S. The summed E-state index contributed by atoms with van der Waals surface area (Å²) in [6.07, 6.45) is 3.56. The van der Waals surface area contributed by atoms with Crippen molar-refractivity contribution in [3.63, 3.8) is 0 Å². The number of fused-ring (bicyclic) bond motifs is 1. The van der Waals surface area contributed by atoms with E-state index in [1.54, 1.807) is 18.2 Å². The van der Waals surface area contributed by atoms with Crippen molar-refractivity contribution < 1.29 is 22.7 Å². The van der Waals surface area contributed by atoms with Crippen LogP contribution in [0.5, 0.6) is 11.5 Å². The van der Waals surface area contributed by atoms with Crippen molar-refractivity contribution in [2.75, 3.05) is 41.9 Å². The minimum atomic E-state index is -3.67. The number of hydrogen-bond acceptors (Lipinski definition) is 6. The Kier molecular flexibility index (Phi) is 6.45. The first-order valence-corrected chi connectivity index (χ1v) is 12.6. The zero-order chi connectivity index (χ0) is 22.7. The molecule has 1 amide bonds.